The Morgan fingerprint density at radius 2 is 1.74 bits per heavy atom. The Labute approximate surface area is 137 Å². The number of hydrogen-bond acceptors (Lipinski definition) is 2. The predicted molar refractivity (Wildman–Crippen MR) is 93.6 cm³/mol. The number of rotatable bonds is 3. The zero-order valence-corrected chi connectivity index (χ0v) is 13.5. The van der Waals surface area contributed by atoms with Gasteiger partial charge in [-0.05, 0) is 48.7 Å². The van der Waals surface area contributed by atoms with Crippen molar-refractivity contribution in [1.29, 1.82) is 0 Å². The Hall–Kier alpha value is -1.87. The number of benzene rings is 2. The van der Waals surface area contributed by atoms with Gasteiger partial charge in [0.05, 0.1) is 0 Å². The van der Waals surface area contributed by atoms with Crippen LogP contribution >= 0.6 is 0 Å². The van der Waals surface area contributed by atoms with Crippen LogP contribution in [0, 0.1) is 0 Å². The van der Waals surface area contributed by atoms with Crippen molar-refractivity contribution in [1.82, 2.24) is 10.2 Å². The van der Waals surface area contributed by atoms with E-state index in [1.165, 1.54) is 18.2 Å². The van der Waals surface area contributed by atoms with Gasteiger partial charge in [0.15, 0.2) is 0 Å². The zero-order valence-electron chi connectivity index (χ0n) is 13.5. The first-order valence-electron chi connectivity index (χ1n) is 8.85. The van der Waals surface area contributed by atoms with Gasteiger partial charge in [0.2, 0.25) is 0 Å². The Morgan fingerprint density at radius 3 is 2.48 bits per heavy atom. The largest absolute Gasteiger partial charge is 0.331 e. The van der Waals surface area contributed by atoms with Crippen molar-refractivity contribution in [2.75, 3.05) is 13.1 Å². The van der Waals surface area contributed by atoms with E-state index < -0.39 is 0 Å². The van der Waals surface area contributed by atoms with E-state index in [4.69, 9.17) is 0 Å². The first-order valence-corrected chi connectivity index (χ1v) is 8.85. The molecule has 23 heavy (non-hydrogen) atoms. The van der Waals surface area contributed by atoms with Gasteiger partial charge in [-0.25, -0.2) is 0 Å². The zero-order chi connectivity index (χ0) is 15.6. The highest BCUT2D eigenvalue weighted by molar-refractivity contribution is 5.99. The minimum absolute atomic E-state index is 0.219. The number of nitrogens with zero attached hydrogens (tertiary/aromatic N) is 1. The van der Waals surface area contributed by atoms with Crippen molar-refractivity contribution in [2.24, 2.45) is 0 Å². The van der Waals surface area contributed by atoms with Gasteiger partial charge in [0.1, 0.15) is 0 Å². The molecule has 1 aliphatic heterocycles. The third-order valence-electron chi connectivity index (χ3n) is 5.38. The van der Waals surface area contributed by atoms with E-state index in [-0.39, 0.29) is 5.91 Å². The molecule has 1 N–H and O–H groups in total. The van der Waals surface area contributed by atoms with Crippen LogP contribution in [0.2, 0.25) is 0 Å². The van der Waals surface area contributed by atoms with Gasteiger partial charge in [-0.2, -0.15) is 0 Å². The molecule has 4 rings (SSSR count). The fourth-order valence-electron chi connectivity index (χ4n) is 4.16. The number of nitrogens with one attached hydrogen (secondary N) is 1. The average Bonchev–Trinajstić information content (AvgIpc) is 3.29. The maximum Gasteiger partial charge on any atom is 0.254 e. The number of hydrogen-bond donors (Lipinski definition) is 1. The molecule has 0 bridgehead atoms. The minimum atomic E-state index is 0.219. The van der Waals surface area contributed by atoms with E-state index in [9.17, 15) is 4.79 Å². The van der Waals surface area contributed by atoms with Crippen molar-refractivity contribution >= 4 is 16.7 Å². The summed E-state index contributed by atoms with van der Waals surface area (Å²) in [6, 6.07) is 15.2. The molecule has 120 valence electrons. The van der Waals surface area contributed by atoms with E-state index in [0.717, 1.165) is 43.3 Å². The molecule has 3 nitrogen and oxygen atoms in total. The molecule has 0 spiro atoms. The fourth-order valence-corrected chi connectivity index (χ4v) is 4.16. The van der Waals surface area contributed by atoms with Gasteiger partial charge in [-0.3, -0.25) is 4.79 Å². The summed E-state index contributed by atoms with van der Waals surface area (Å²) in [6.07, 6.45) is 5.92. The molecule has 3 heteroatoms. The van der Waals surface area contributed by atoms with E-state index in [2.05, 4.69) is 34.5 Å². The molecule has 0 unspecified atom stereocenters. The fraction of sp³-hybridized carbons (Fsp3) is 0.450. The normalized spacial score (nSPS) is 21.8. The van der Waals surface area contributed by atoms with Crippen LogP contribution in [0.3, 0.4) is 0 Å². The molecule has 1 saturated carbocycles. The minimum Gasteiger partial charge on any atom is -0.331 e. The van der Waals surface area contributed by atoms with Gasteiger partial charge in [0.25, 0.3) is 5.91 Å². The van der Waals surface area contributed by atoms with Crippen molar-refractivity contribution < 1.29 is 4.79 Å². The molecule has 2 aromatic carbocycles. The van der Waals surface area contributed by atoms with Crippen LogP contribution < -0.4 is 5.32 Å². The first kappa shape index (κ1) is 14.7. The molecule has 1 amide bonds. The van der Waals surface area contributed by atoms with Crippen LogP contribution in [0.15, 0.2) is 42.5 Å². The lowest BCUT2D eigenvalue weighted by molar-refractivity contribution is 0.0595. The summed E-state index contributed by atoms with van der Waals surface area (Å²) < 4.78 is 0. The maximum absolute atomic E-state index is 13.3. The van der Waals surface area contributed by atoms with Gasteiger partial charge in [-0.1, -0.05) is 43.2 Å². The SMILES string of the molecule is O=C(c1ccc2ccccc2c1)N(C1CCCC1)[C@@H]1CCNC1. The van der Waals surface area contributed by atoms with Crippen LogP contribution in [0.4, 0.5) is 0 Å². The van der Waals surface area contributed by atoms with Crippen LogP contribution in [-0.2, 0) is 0 Å². The maximum atomic E-state index is 13.3. The molecule has 2 aromatic rings. The van der Waals surface area contributed by atoms with E-state index >= 15 is 0 Å². The van der Waals surface area contributed by atoms with Gasteiger partial charge in [-0.15, -0.1) is 0 Å². The van der Waals surface area contributed by atoms with Crippen LogP contribution in [0.25, 0.3) is 10.8 Å². The van der Waals surface area contributed by atoms with Crippen molar-refractivity contribution in [3.8, 4) is 0 Å². The number of amides is 1. The first-order chi connectivity index (χ1) is 11.3. The topological polar surface area (TPSA) is 32.3 Å². The lowest BCUT2D eigenvalue weighted by Crippen LogP contribution is -2.47. The molecule has 2 fully saturated rings. The predicted octanol–water partition coefficient (Wildman–Crippen LogP) is 3.59. The Kier molecular flexibility index (Phi) is 4.04. The van der Waals surface area contributed by atoms with E-state index in [0.29, 0.717) is 12.1 Å². The summed E-state index contributed by atoms with van der Waals surface area (Å²) in [6.45, 7) is 1.97. The summed E-state index contributed by atoms with van der Waals surface area (Å²) in [5, 5.41) is 5.76. The average molecular weight is 308 g/mol. The number of fused-ring (bicyclic) bond motifs is 1. The quantitative estimate of drug-likeness (QED) is 0.940. The second-order valence-corrected chi connectivity index (χ2v) is 6.86. The molecule has 2 aliphatic rings. The third kappa shape index (κ3) is 2.86. The molecular weight excluding hydrogens is 284 g/mol. The summed E-state index contributed by atoms with van der Waals surface area (Å²) in [4.78, 5) is 15.5. The second kappa shape index (κ2) is 6.32. The standard InChI is InChI=1S/C20H24N2O/c23-20(17-10-9-15-5-1-2-6-16(15)13-17)22(18-7-3-4-8-18)19-11-12-21-14-19/h1-2,5-6,9-10,13,18-19,21H,3-4,7-8,11-12,14H2/t19-/m1/s1. The summed E-state index contributed by atoms with van der Waals surface area (Å²) in [7, 11) is 0. The third-order valence-corrected chi connectivity index (χ3v) is 5.38. The van der Waals surface area contributed by atoms with Gasteiger partial charge < -0.3 is 10.2 Å². The van der Waals surface area contributed by atoms with E-state index in [1.54, 1.807) is 0 Å². The van der Waals surface area contributed by atoms with Crippen molar-refractivity contribution in [2.45, 2.75) is 44.2 Å². The number of carbonyl (C=O) groups excluding carboxylic acids is 1. The lowest BCUT2D eigenvalue weighted by Gasteiger charge is -2.34. The molecule has 0 aromatic heterocycles. The summed E-state index contributed by atoms with van der Waals surface area (Å²) >= 11 is 0. The van der Waals surface area contributed by atoms with Crippen molar-refractivity contribution in [3.05, 3.63) is 48.0 Å². The highest BCUT2D eigenvalue weighted by Crippen LogP contribution is 2.29. The molecule has 1 aliphatic carbocycles. The second-order valence-electron chi connectivity index (χ2n) is 6.86. The lowest BCUT2D eigenvalue weighted by atomic mass is 10.0. The smallest absolute Gasteiger partial charge is 0.254 e. The molecule has 0 radical (unpaired) electrons. The molecule has 1 saturated heterocycles. The van der Waals surface area contributed by atoms with Crippen LogP contribution in [-0.4, -0.2) is 36.0 Å². The van der Waals surface area contributed by atoms with Crippen LogP contribution in [0.5, 0.6) is 0 Å². The van der Waals surface area contributed by atoms with Crippen LogP contribution in [0.1, 0.15) is 42.5 Å². The van der Waals surface area contributed by atoms with Gasteiger partial charge >= 0.3 is 0 Å². The Morgan fingerprint density at radius 1 is 0.957 bits per heavy atom. The summed E-state index contributed by atoms with van der Waals surface area (Å²) in [5.41, 5.74) is 0.836. The molecular formula is C20H24N2O. The molecule has 1 atom stereocenters. The Balaban J connectivity index is 1.67. The highest BCUT2D eigenvalue weighted by Gasteiger charge is 2.34. The molecule has 1 heterocycles. The van der Waals surface area contributed by atoms with Crippen molar-refractivity contribution in [3.63, 3.8) is 0 Å². The van der Waals surface area contributed by atoms with Gasteiger partial charge in [0, 0.05) is 24.2 Å². The number of carbonyl (C=O) groups is 1. The monoisotopic (exact) mass is 308 g/mol. The van der Waals surface area contributed by atoms with E-state index in [1.807, 2.05) is 18.2 Å². The summed E-state index contributed by atoms with van der Waals surface area (Å²) in [5.74, 6) is 0.219. The highest BCUT2D eigenvalue weighted by atomic mass is 16.2. The Bertz CT molecular complexity index is 684.